The molecule has 0 bridgehead atoms. The first kappa shape index (κ1) is 17.6. The minimum atomic E-state index is 0.674. The topological polar surface area (TPSA) is 49.4 Å². The number of ether oxygens (including phenoxy) is 2. The maximum atomic E-state index is 5.68. The molecule has 0 amide bonds. The Bertz CT molecular complexity index is 1140. The van der Waals surface area contributed by atoms with Crippen molar-refractivity contribution in [2.45, 2.75) is 19.4 Å². The second-order valence-electron chi connectivity index (χ2n) is 7.26. The van der Waals surface area contributed by atoms with Crippen molar-refractivity contribution in [3.05, 3.63) is 77.5 Å². The van der Waals surface area contributed by atoms with Crippen LogP contribution in [0.1, 0.15) is 16.7 Å². The van der Waals surface area contributed by atoms with Gasteiger partial charge in [0.05, 0.1) is 26.1 Å². The molecule has 5 rings (SSSR count). The van der Waals surface area contributed by atoms with Gasteiger partial charge in [-0.25, -0.2) is 0 Å². The predicted molar refractivity (Wildman–Crippen MR) is 111 cm³/mol. The van der Waals surface area contributed by atoms with Gasteiger partial charge in [-0.2, -0.15) is 0 Å². The Morgan fingerprint density at radius 3 is 2.38 bits per heavy atom. The number of methoxy groups -OCH3 is 2. The molecule has 0 spiro atoms. The van der Waals surface area contributed by atoms with Crippen LogP contribution in [-0.2, 0) is 19.4 Å². The van der Waals surface area contributed by atoms with E-state index in [2.05, 4.69) is 40.1 Å². The van der Waals surface area contributed by atoms with Crippen LogP contribution in [0.25, 0.3) is 22.7 Å². The number of nitrogens with zero attached hydrogens (tertiary/aromatic N) is 2. The number of fused-ring (bicyclic) bond motifs is 3. The number of aromatic nitrogens is 2. The molecule has 0 N–H and O–H groups in total. The van der Waals surface area contributed by atoms with Crippen molar-refractivity contribution in [3.63, 3.8) is 0 Å². The monoisotopic (exact) mass is 386 g/mol. The van der Waals surface area contributed by atoms with Gasteiger partial charge in [-0.1, -0.05) is 35.5 Å². The van der Waals surface area contributed by atoms with Gasteiger partial charge in [-0.05, 0) is 47.7 Å². The summed E-state index contributed by atoms with van der Waals surface area (Å²) in [5.74, 6) is 2.44. The van der Waals surface area contributed by atoms with Crippen LogP contribution in [0.15, 0.2) is 65.3 Å². The molecule has 4 aromatic rings. The van der Waals surface area contributed by atoms with Gasteiger partial charge in [0.2, 0.25) is 0 Å². The quantitative estimate of drug-likeness (QED) is 0.486. The zero-order chi connectivity index (χ0) is 19.8. The molecular weight excluding hydrogens is 364 g/mol. The van der Waals surface area contributed by atoms with E-state index >= 15 is 0 Å². The third-order valence-electron chi connectivity index (χ3n) is 5.52. The Balaban J connectivity index is 1.69. The molecule has 0 saturated carbocycles. The largest absolute Gasteiger partial charge is 0.497 e. The van der Waals surface area contributed by atoms with E-state index in [1.54, 1.807) is 14.2 Å². The Kier molecular flexibility index (Phi) is 4.35. The third-order valence-corrected chi connectivity index (χ3v) is 5.52. The SMILES string of the molecule is COc1cc(Cn2c(-c3ccccc3)cc3c2-c2oncc2CC3)cc(OC)c1. The van der Waals surface area contributed by atoms with Crippen LogP contribution in [0.5, 0.6) is 11.5 Å². The molecule has 0 saturated heterocycles. The first-order valence-electron chi connectivity index (χ1n) is 9.70. The Morgan fingerprint density at radius 1 is 0.931 bits per heavy atom. The van der Waals surface area contributed by atoms with Gasteiger partial charge in [-0.15, -0.1) is 0 Å². The summed E-state index contributed by atoms with van der Waals surface area (Å²) >= 11 is 0. The van der Waals surface area contributed by atoms with Gasteiger partial charge < -0.3 is 18.6 Å². The van der Waals surface area contributed by atoms with Gasteiger partial charge in [0.25, 0.3) is 0 Å². The van der Waals surface area contributed by atoms with Gasteiger partial charge in [0.15, 0.2) is 5.76 Å². The standard InChI is InChI=1S/C24H22N2O3/c1-27-20-10-16(11-21(13-20)28-2)15-26-22(17-6-4-3-5-7-17)12-18-8-9-19-14-25-29-24(19)23(18)26/h3-7,10-14H,8-9,15H2,1-2H3. The lowest BCUT2D eigenvalue weighted by atomic mass is 9.96. The summed E-state index contributed by atoms with van der Waals surface area (Å²) < 4.78 is 18.9. The molecule has 146 valence electrons. The zero-order valence-corrected chi connectivity index (χ0v) is 16.5. The maximum Gasteiger partial charge on any atom is 0.186 e. The summed E-state index contributed by atoms with van der Waals surface area (Å²) in [7, 11) is 3.35. The minimum Gasteiger partial charge on any atom is -0.497 e. The van der Waals surface area contributed by atoms with Gasteiger partial charge in [0, 0.05) is 23.9 Å². The lowest BCUT2D eigenvalue weighted by Gasteiger charge is -2.17. The summed E-state index contributed by atoms with van der Waals surface area (Å²) in [5.41, 5.74) is 7.02. The summed E-state index contributed by atoms with van der Waals surface area (Å²) in [6.45, 7) is 0.674. The minimum absolute atomic E-state index is 0.674. The summed E-state index contributed by atoms with van der Waals surface area (Å²) in [4.78, 5) is 0. The van der Waals surface area contributed by atoms with Crippen molar-refractivity contribution < 1.29 is 14.0 Å². The number of aryl methyl sites for hydroxylation is 2. The highest BCUT2D eigenvalue weighted by molar-refractivity contribution is 5.74. The number of rotatable bonds is 5. The Morgan fingerprint density at radius 2 is 1.66 bits per heavy atom. The predicted octanol–water partition coefficient (Wildman–Crippen LogP) is 4.97. The summed E-state index contributed by atoms with van der Waals surface area (Å²) in [6, 6.07) is 18.7. The normalized spacial score (nSPS) is 12.3. The number of benzene rings is 2. The molecule has 0 unspecified atom stereocenters. The molecule has 1 aliphatic rings. The molecule has 2 aromatic heterocycles. The average Bonchev–Trinajstić information content (AvgIpc) is 3.38. The first-order valence-corrected chi connectivity index (χ1v) is 9.70. The van der Waals surface area contributed by atoms with Crippen molar-refractivity contribution in [1.29, 1.82) is 0 Å². The van der Waals surface area contributed by atoms with Gasteiger partial charge >= 0.3 is 0 Å². The van der Waals surface area contributed by atoms with Gasteiger partial charge in [-0.3, -0.25) is 0 Å². The molecule has 0 radical (unpaired) electrons. The van der Waals surface area contributed by atoms with Crippen molar-refractivity contribution in [1.82, 2.24) is 9.72 Å². The maximum absolute atomic E-state index is 5.68. The molecule has 1 aliphatic carbocycles. The number of hydrogen-bond donors (Lipinski definition) is 0. The van der Waals surface area contributed by atoms with E-state index in [0.717, 1.165) is 41.4 Å². The fraction of sp³-hybridized carbons (Fsp3) is 0.208. The lowest BCUT2D eigenvalue weighted by Crippen LogP contribution is -2.08. The van der Waals surface area contributed by atoms with Crippen LogP contribution in [0.3, 0.4) is 0 Å². The Labute approximate surface area is 169 Å². The molecule has 2 heterocycles. The molecule has 5 nitrogen and oxygen atoms in total. The van der Waals surface area contributed by atoms with Crippen molar-refractivity contribution in [2.75, 3.05) is 14.2 Å². The van der Waals surface area contributed by atoms with Gasteiger partial charge in [0.1, 0.15) is 11.5 Å². The highest BCUT2D eigenvalue weighted by Crippen LogP contribution is 2.39. The molecule has 0 aliphatic heterocycles. The van der Waals surface area contributed by atoms with Crippen molar-refractivity contribution >= 4 is 0 Å². The first-order chi connectivity index (χ1) is 14.3. The fourth-order valence-corrected chi connectivity index (χ4v) is 4.12. The molecule has 29 heavy (non-hydrogen) atoms. The highest BCUT2D eigenvalue weighted by Gasteiger charge is 2.27. The molecular formula is C24H22N2O3. The number of hydrogen-bond acceptors (Lipinski definition) is 4. The highest BCUT2D eigenvalue weighted by atomic mass is 16.5. The molecule has 2 aromatic carbocycles. The average molecular weight is 386 g/mol. The second kappa shape index (κ2) is 7.17. The van der Waals surface area contributed by atoms with Crippen LogP contribution >= 0.6 is 0 Å². The lowest BCUT2D eigenvalue weighted by molar-refractivity contribution is 0.393. The van der Waals surface area contributed by atoms with Crippen molar-refractivity contribution in [3.8, 4) is 34.2 Å². The van der Waals surface area contributed by atoms with E-state index < -0.39 is 0 Å². The molecule has 0 fully saturated rings. The summed E-state index contributed by atoms with van der Waals surface area (Å²) in [6.07, 6.45) is 3.78. The van der Waals surface area contributed by atoms with E-state index in [9.17, 15) is 0 Å². The van der Waals surface area contributed by atoms with Crippen LogP contribution in [0, 0.1) is 0 Å². The van der Waals surface area contributed by atoms with E-state index in [4.69, 9.17) is 14.0 Å². The van der Waals surface area contributed by atoms with E-state index in [-0.39, 0.29) is 0 Å². The van der Waals surface area contributed by atoms with Crippen molar-refractivity contribution in [2.24, 2.45) is 0 Å². The molecule has 0 atom stereocenters. The zero-order valence-electron chi connectivity index (χ0n) is 16.5. The fourth-order valence-electron chi connectivity index (χ4n) is 4.12. The smallest absolute Gasteiger partial charge is 0.186 e. The van der Waals surface area contributed by atoms with Crippen LogP contribution in [0.4, 0.5) is 0 Å². The van der Waals surface area contributed by atoms with E-state index in [1.165, 1.54) is 22.4 Å². The van der Waals surface area contributed by atoms with E-state index in [1.807, 2.05) is 30.5 Å². The van der Waals surface area contributed by atoms with Crippen LogP contribution in [0.2, 0.25) is 0 Å². The van der Waals surface area contributed by atoms with Crippen LogP contribution < -0.4 is 9.47 Å². The van der Waals surface area contributed by atoms with Crippen LogP contribution in [-0.4, -0.2) is 23.9 Å². The Hall–Kier alpha value is -3.47. The third kappa shape index (κ3) is 3.09. The molecule has 5 heteroatoms. The summed E-state index contributed by atoms with van der Waals surface area (Å²) in [5, 5.41) is 4.06. The second-order valence-corrected chi connectivity index (χ2v) is 7.26. The van der Waals surface area contributed by atoms with E-state index in [0.29, 0.717) is 6.54 Å².